The molecule has 4 N–H and O–H groups in total. The molecule has 0 saturated carbocycles. The van der Waals surface area contributed by atoms with Crippen LogP contribution in [-0.2, 0) is 14.3 Å². The van der Waals surface area contributed by atoms with Gasteiger partial charge in [-0.25, -0.2) is 0 Å². The zero-order valence-electron chi connectivity index (χ0n) is 15.0. The van der Waals surface area contributed by atoms with Crippen molar-refractivity contribution in [3.8, 4) is 6.07 Å². The molecule has 0 radical (unpaired) electrons. The molecule has 9 heteroatoms. The summed E-state index contributed by atoms with van der Waals surface area (Å²) in [5.74, 6) is -0.263. The van der Waals surface area contributed by atoms with E-state index in [1.54, 1.807) is 26.1 Å². The van der Waals surface area contributed by atoms with Gasteiger partial charge in [0.05, 0.1) is 11.8 Å². The molecule has 2 amide bonds. The maximum Gasteiger partial charge on any atom is 0.268 e. The number of ether oxygens (including phenoxy) is 1. The fourth-order valence-electron chi connectivity index (χ4n) is 2.48. The third-order valence-corrected chi connectivity index (χ3v) is 4.53. The van der Waals surface area contributed by atoms with E-state index >= 15 is 0 Å². The minimum absolute atomic E-state index is 0.0998. The second-order valence-corrected chi connectivity index (χ2v) is 6.45. The molecule has 0 aromatic heterocycles. The standard InChI is InChI=1S/C18H21N5O3S/c1-10(8-19)15(27)9-26-11-3-4-13(20)12(7-11)16(21-2)18(25)23-14-5-6-22-17(14)24/h3-4,7,14,20-21,27H,5-6,9H2,1-2H3,(H,22,24)(H,23,25)/b15-10-,16-12-,20-13?. The topological polar surface area (TPSA) is 127 Å². The van der Waals surface area contributed by atoms with Gasteiger partial charge in [0.25, 0.3) is 5.91 Å². The fraction of sp³-hybridized carbons (Fsp3) is 0.333. The number of amides is 2. The summed E-state index contributed by atoms with van der Waals surface area (Å²) >= 11 is 4.22. The molecule has 1 fully saturated rings. The Labute approximate surface area is 162 Å². The summed E-state index contributed by atoms with van der Waals surface area (Å²) in [4.78, 5) is 24.7. The molecule has 1 unspecified atom stereocenters. The van der Waals surface area contributed by atoms with Gasteiger partial charge in [-0.15, -0.1) is 12.6 Å². The normalized spacial score (nSPS) is 21.6. The Morgan fingerprint density at radius 1 is 1.52 bits per heavy atom. The van der Waals surface area contributed by atoms with Crippen molar-refractivity contribution in [2.75, 3.05) is 20.2 Å². The van der Waals surface area contributed by atoms with Gasteiger partial charge in [0.15, 0.2) is 0 Å². The number of allylic oxidation sites excluding steroid dienone is 5. The summed E-state index contributed by atoms with van der Waals surface area (Å²) in [6, 6.07) is 1.41. The van der Waals surface area contributed by atoms with Gasteiger partial charge in [-0.05, 0) is 31.6 Å². The maximum absolute atomic E-state index is 12.6. The first-order chi connectivity index (χ1) is 12.9. The zero-order chi connectivity index (χ0) is 20.0. The van der Waals surface area contributed by atoms with Crippen LogP contribution in [-0.4, -0.2) is 43.8 Å². The zero-order valence-corrected chi connectivity index (χ0v) is 15.9. The van der Waals surface area contributed by atoms with E-state index in [0.29, 0.717) is 34.8 Å². The van der Waals surface area contributed by atoms with Gasteiger partial charge in [0, 0.05) is 29.6 Å². The summed E-state index contributed by atoms with van der Waals surface area (Å²) in [5.41, 5.74) is 1.09. The molecule has 142 valence electrons. The Hall–Kier alpha value is -2.99. The third-order valence-electron chi connectivity index (χ3n) is 4.07. The Morgan fingerprint density at radius 3 is 2.85 bits per heavy atom. The highest BCUT2D eigenvalue weighted by atomic mass is 32.1. The monoisotopic (exact) mass is 387 g/mol. The van der Waals surface area contributed by atoms with E-state index in [1.165, 1.54) is 6.08 Å². The molecule has 0 aromatic carbocycles. The second-order valence-electron chi connectivity index (χ2n) is 5.91. The summed E-state index contributed by atoms with van der Waals surface area (Å²) < 4.78 is 5.61. The minimum atomic E-state index is -0.583. The van der Waals surface area contributed by atoms with E-state index in [0.717, 1.165) is 0 Å². The Kier molecular flexibility index (Phi) is 6.85. The molecule has 1 atom stereocenters. The highest BCUT2D eigenvalue weighted by Crippen LogP contribution is 2.19. The average Bonchev–Trinajstić information content (AvgIpc) is 3.06. The lowest BCUT2D eigenvalue weighted by atomic mass is 10.0. The summed E-state index contributed by atoms with van der Waals surface area (Å²) in [5, 5.41) is 25.1. The van der Waals surface area contributed by atoms with E-state index in [9.17, 15) is 9.59 Å². The first-order valence-electron chi connectivity index (χ1n) is 8.28. The van der Waals surface area contributed by atoms with Crippen molar-refractivity contribution < 1.29 is 14.3 Å². The average molecular weight is 387 g/mol. The van der Waals surface area contributed by atoms with Crippen LogP contribution in [0.2, 0.25) is 0 Å². The lowest BCUT2D eigenvalue weighted by Crippen LogP contribution is -2.43. The Morgan fingerprint density at radius 2 is 2.26 bits per heavy atom. The van der Waals surface area contributed by atoms with Crippen LogP contribution >= 0.6 is 12.6 Å². The second kappa shape index (κ2) is 9.09. The van der Waals surface area contributed by atoms with Crippen LogP contribution in [0.4, 0.5) is 0 Å². The van der Waals surface area contributed by atoms with Crippen LogP contribution in [0, 0.1) is 16.7 Å². The molecule has 1 aliphatic carbocycles. The summed E-state index contributed by atoms with van der Waals surface area (Å²) in [6.07, 6.45) is 5.19. The quantitative estimate of drug-likeness (QED) is 0.260. The van der Waals surface area contributed by atoms with Crippen molar-refractivity contribution in [2.24, 2.45) is 0 Å². The van der Waals surface area contributed by atoms with Gasteiger partial charge >= 0.3 is 0 Å². The predicted octanol–water partition coefficient (Wildman–Crippen LogP) is 0.682. The van der Waals surface area contributed by atoms with Crippen molar-refractivity contribution in [1.29, 1.82) is 10.7 Å². The number of nitrogens with zero attached hydrogens (tertiary/aromatic N) is 1. The lowest BCUT2D eigenvalue weighted by Gasteiger charge is -2.18. The van der Waals surface area contributed by atoms with Gasteiger partial charge in [-0.3, -0.25) is 9.59 Å². The molecule has 2 aliphatic rings. The van der Waals surface area contributed by atoms with Crippen LogP contribution in [0.25, 0.3) is 0 Å². The Bertz CT molecular complexity index is 832. The van der Waals surface area contributed by atoms with E-state index in [2.05, 4.69) is 28.6 Å². The van der Waals surface area contributed by atoms with Crippen molar-refractivity contribution in [3.05, 3.63) is 45.7 Å². The molecule has 8 nitrogen and oxygen atoms in total. The van der Waals surface area contributed by atoms with Crippen LogP contribution in [0.15, 0.2) is 45.7 Å². The highest BCUT2D eigenvalue weighted by molar-refractivity contribution is 7.84. The molecule has 0 aromatic rings. The van der Waals surface area contributed by atoms with E-state index in [1.807, 2.05) is 6.07 Å². The molecular weight excluding hydrogens is 366 g/mol. The Balaban J connectivity index is 2.20. The lowest BCUT2D eigenvalue weighted by molar-refractivity contribution is -0.125. The number of carbonyl (C=O) groups is 2. The molecule has 1 aliphatic heterocycles. The molecule has 1 heterocycles. The van der Waals surface area contributed by atoms with Gasteiger partial charge in [0.2, 0.25) is 5.91 Å². The number of hydrogen-bond donors (Lipinski definition) is 5. The van der Waals surface area contributed by atoms with E-state index < -0.39 is 11.9 Å². The van der Waals surface area contributed by atoms with Crippen LogP contribution < -0.4 is 16.0 Å². The number of hydrogen-bond acceptors (Lipinski definition) is 7. The smallest absolute Gasteiger partial charge is 0.268 e. The summed E-state index contributed by atoms with van der Waals surface area (Å²) in [6.45, 7) is 2.26. The highest BCUT2D eigenvalue weighted by Gasteiger charge is 2.28. The van der Waals surface area contributed by atoms with Crippen molar-refractivity contribution in [1.82, 2.24) is 16.0 Å². The molecule has 2 rings (SSSR count). The van der Waals surface area contributed by atoms with Gasteiger partial charge < -0.3 is 26.1 Å². The number of carbonyl (C=O) groups excluding carboxylic acids is 2. The van der Waals surface area contributed by atoms with Gasteiger partial charge in [-0.2, -0.15) is 5.26 Å². The number of nitriles is 1. The maximum atomic E-state index is 12.6. The van der Waals surface area contributed by atoms with Crippen molar-refractivity contribution in [2.45, 2.75) is 19.4 Å². The van der Waals surface area contributed by atoms with Crippen LogP contribution in [0.5, 0.6) is 0 Å². The van der Waals surface area contributed by atoms with Crippen LogP contribution in [0.3, 0.4) is 0 Å². The molecule has 0 spiro atoms. The number of rotatable bonds is 6. The first kappa shape index (κ1) is 20.3. The SMILES string of the molecule is CN/C(C(=O)NC1CCNC1=O)=C1/C=C(OC/C(S)=C(\C)C#N)C=CC1=N. The van der Waals surface area contributed by atoms with Gasteiger partial charge in [-0.1, -0.05) is 0 Å². The minimum Gasteiger partial charge on any atom is -0.488 e. The predicted molar refractivity (Wildman–Crippen MR) is 104 cm³/mol. The largest absolute Gasteiger partial charge is 0.488 e. The third kappa shape index (κ3) is 5.01. The first-order valence-corrected chi connectivity index (χ1v) is 8.73. The summed E-state index contributed by atoms with van der Waals surface area (Å²) in [7, 11) is 1.57. The molecule has 0 bridgehead atoms. The molecule has 1 saturated heterocycles. The molecular formula is C18H21N5O3S. The van der Waals surface area contributed by atoms with Crippen LogP contribution in [0.1, 0.15) is 13.3 Å². The van der Waals surface area contributed by atoms with Gasteiger partial charge in [0.1, 0.15) is 24.1 Å². The number of nitrogens with one attached hydrogen (secondary N) is 4. The van der Waals surface area contributed by atoms with E-state index in [-0.39, 0.29) is 23.9 Å². The van der Waals surface area contributed by atoms with E-state index in [4.69, 9.17) is 15.4 Å². The fourth-order valence-corrected chi connectivity index (χ4v) is 2.59. The van der Waals surface area contributed by atoms with Crippen molar-refractivity contribution >= 4 is 30.2 Å². The number of thiol groups is 1. The molecule has 27 heavy (non-hydrogen) atoms. The van der Waals surface area contributed by atoms with Crippen molar-refractivity contribution in [3.63, 3.8) is 0 Å². The number of likely N-dealkylation sites (N-methyl/N-ethyl adjacent to an activating group) is 1.